The predicted molar refractivity (Wildman–Crippen MR) is 72.2 cm³/mol. The van der Waals surface area contributed by atoms with Gasteiger partial charge in [0, 0.05) is 6.54 Å². The maximum absolute atomic E-state index is 4.34. The SMILES string of the molecule is CCCCCCn1nnc(CCC)c1CCC. The predicted octanol–water partition coefficient (Wildman–Crippen LogP) is 3.76. The van der Waals surface area contributed by atoms with Gasteiger partial charge in [0.05, 0.1) is 11.4 Å². The maximum atomic E-state index is 4.34. The summed E-state index contributed by atoms with van der Waals surface area (Å²) < 4.78 is 2.14. The van der Waals surface area contributed by atoms with Crippen LogP contribution in [-0.4, -0.2) is 15.0 Å². The minimum atomic E-state index is 1.05. The molecule has 0 atom stereocenters. The lowest BCUT2D eigenvalue weighted by atomic mass is 10.1. The van der Waals surface area contributed by atoms with Crippen LogP contribution in [0.3, 0.4) is 0 Å². The lowest BCUT2D eigenvalue weighted by molar-refractivity contribution is 0.510. The van der Waals surface area contributed by atoms with Crippen LogP contribution in [0, 0.1) is 0 Å². The van der Waals surface area contributed by atoms with Crippen LogP contribution in [0.15, 0.2) is 0 Å². The highest BCUT2D eigenvalue weighted by Crippen LogP contribution is 2.12. The van der Waals surface area contributed by atoms with E-state index in [-0.39, 0.29) is 0 Å². The summed E-state index contributed by atoms with van der Waals surface area (Å²) in [6, 6.07) is 0. The highest BCUT2D eigenvalue weighted by Gasteiger charge is 2.10. The molecular weight excluding hydrogens is 210 g/mol. The Labute approximate surface area is 106 Å². The molecule has 3 nitrogen and oxygen atoms in total. The average Bonchev–Trinajstić information content (AvgIpc) is 2.69. The zero-order valence-electron chi connectivity index (χ0n) is 11.7. The van der Waals surface area contributed by atoms with Crippen molar-refractivity contribution in [3.63, 3.8) is 0 Å². The number of rotatable bonds is 9. The fourth-order valence-electron chi connectivity index (χ4n) is 2.18. The molecule has 1 aromatic heterocycles. The highest BCUT2D eigenvalue weighted by atomic mass is 15.4. The van der Waals surface area contributed by atoms with E-state index in [4.69, 9.17) is 0 Å². The van der Waals surface area contributed by atoms with Gasteiger partial charge < -0.3 is 0 Å². The second kappa shape index (κ2) is 8.26. The number of hydrogen-bond donors (Lipinski definition) is 0. The normalized spacial score (nSPS) is 11.0. The molecule has 0 aromatic carbocycles. The summed E-state index contributed by atoms with van der Waals surface area (Å²) in [6.07, 6.45) is 9.70. The third-order valence-corrected chi connectivity index (χ3v) is 3.12. The number of aromatic nitrogens is 3. The van der Waals surface area contributed by atoms with Gasteiger partial charge in [-0.3, -0.25) is 0 Å². The van der Waals surface area contributed by atoms with Crippen LogP contribution in [0.2, 0.25) is 0 Å². The highest BCUT2D eigenvalue weighted by molar-refractivity contribution is 5.10. The summed E-state index contributed by atoms with van der Waals surface area (Å²) in [5.41, 5.74) is 2.61. The molecule has 0 unspecified atom stereocenters. The van der Waals surface area contributed by atoms with Crippen LogP contribution in [-0.2, 0) is 19.4 Å². The summed E-state index contributed by atoms with van der Waals surface area (Å²) in [4.78, 5) is 0. The molecule has 0 fully saturated rings. The summed E-state index contributed by atoms with van der Waals surface area (Å²) in [6.45, 7) is 7.73. The molecule has 98 valence electrons. The van der Waals surface area contributed by atoms with E-state index in [9.17, 15) is 0 Å². The number of nitrogens with zero attached hydrogens (tertiary/aromatic N) is 3. The lowest BCUT2D eigenvalue weighted by Gasteiger charge is -2.06. The Bertz CT molecular complexity index is 304. The number of unbranched alkanes of at least 4 members (excludes halogenated alkanes) is 3. The fraction of sp³-hybridized carbons (Fsp3) is 0.857. The topological polar surface area (TPSA) is 30.7 Å². The van der Waals surface area contributed by atoms with Crippen LogP contribution in [0.1, 0.15) is 70.7 Å². The van der Waals surface area contributed by atoms with Crippen molar-refractivity contribution in [1.29, 1.82) is 0 Å². The summed E-state index contributed by atoms with van der Waals surface area (Å²) in [7, 11) is 0. The molecule has 1 heterocycles. The first-order valence-corrected chi connectivity index (χ1v) is 7.24. The summed E-state index contributed by atoms with van der Waals surface area (Å²) in [5.74, 6) is 0. The van der Waals surface area contributed by atoms with Crippen molar-refractivity contribution < 1.29 is 0 Å². The molecule has 0 bridgehead atoms. The molecule has 0 radical (unpaired) electrons. The van der Waals surface area contributed by atoms with Crippen LogP contribution < -0.4 is 0 Å². The summed E-state index contributed by atoms with van der Waals surface area (Å²) in [5, 5.41) is 8.65. The van der Waals surface area contributed by atoms with Crippen LogP contribution in [0.25, 0.3) is 0 Å². The Hall–Kier alpha value is -0.860. The minimum Gasteiger partial charge on any atom is -0.249 e. The van der Waals surface area contributed by atoms with E-state index in [2.05, 4.69) is 35.8 Å². The van der Waals surface area contributed by atoms with Crippen LogP contribution in [0.4, 0.5) is 0 Å². The van der Waals surface area contributed by atoms with Gasteiger partial charge in [-0.25, -0.2) is 4.68 Å². The number of aryl methyl sites for hydroxylation is 2. The smallest absolute Gasteiger partial charge is 0.0859 e. The van der Waals surface area contributed by atoms with Gasteiger partial charge in [0.1, 0.15) is 0 Å². The second-order valence-electron chi connectivity index (χ2n) is 4.77. The molecule has 0 saturated carbocycles. The van der Waals surface area contributed by atoms with Crippen molar-refractivity contribution in [1.82, 2.24) is 15.0 Å². The molecule has 0 aliphatic carbocycles. The fourth-order valence-corrected chi connectivity index (χ4v) is 2.18. The quantitative estimate of drug-likeness (QED) is 0.612. The van der Waals surface area contributed by atoms with Gasteiger partial charge in [-0.2, -0.15) is 0 Å². The van der Waals surface area contributed by atoms with Gasteiger partial charge >= 0.3 is 0 Å². The molecule has 0 amide bonds. The van der Waals surface area contributed by atoms with Crippen LogP contribution in [0.5, 0.6) is 0 Å². The zero-order valence-corrected chi connectivity index (χ0v) is 11.7. The monoisotopic (exact) mass is 237 g/mol. The first-order valence-electron chi connectivity index (χ1n) is 7.24. The van der Waals surface area contributed by atoms with E-state index in [1.165, 1.54) is 43.5 Å². The van der Waals surface area contributed by atoms with Crippen molar-refractivity contribution in [2.75, 3.05) is 0 Å². The van der Waals surface area contributed by atoms with Crippen LogP contribution >= 0.6 is 0 Å². The maximum Gasteiger partial charge on any atom is 0.0859 e. The molecule has 0 saturated heterocycles. The lowest BCUT2D eigenvalue weighted by Crippen LogP contribution is -2.06. The Morgan fingerprint density at radius 1 is 0.882 bits per heavy atom. The van der Waals surface area contributed by atoms with E-state index in [0.717, 1.165) is 25.8 Å². The van der Waals surface area contributed by atoms with Crippen molar-refractivity contribution in [3.05, 3.63) is 11.4 Å². The molecule has 0 aliphatic heterocycles. The Morgan fingerprint density at radius 2 is 1.65 bits per heavy atom. The van der Waals surface area contributed by atoms with Gasteiger partial charge in [-0.05, 0) is 19.3 Å². The molecule has 1 rings (SSSR count). The molecule has 0 N–H and O–H groups in total. The van der Waals surface area contributed by atoms with Gasteiger partial charge in [0.15, 0.2) is 0 Å². The van der Waals surface area contributed by atoms with Gasteiger partial charge in [0.25, 0.3) is 0 Å². The molecule has 3 heteroatoms. The van der Waals surface area contributed by atoms with E-state index in [1.54, 1.807) is 0 Å². The third kappa shape index (κ3) is 4.49. The molecule has 1 aromatic rings. The van der Waals surface area contributed by atoms with Crippen molar-refractivity contribution in [2.24, 2.45) is 0 Å². The van der Waals surface area contributed by atoms with Crippen molar-refractivity contribution in [3.8, 4) is 0 Å². The molecule has 0 aliphatic rings. The Kier molecular flexibility index (Phi) is 6.90. The first-order chi connectivity index (χ1) is 8.33. The zero-order chi connectivity index (χ0) is 12.5. The van der Waals surface area contributed by atoms with Crippen molar-refractivity contribution in [2.45, 2.75) is 78.7 Å². The standard InChI is InChI=1S/C14H27N3/c1-4-7-8-9-12-17-14(11-6-3)13(10-5-2)15-16-17/h4-12H2,1-3H3. The summed E-state index contributed by atoms with van der Waals surface area (Å²) >= 11 is 0. The number of hydrogen-bond acceptors (Lipinski definition) is 2. The largest absolute Gasteiger partial charge is 0.249 e. The van der Waals surface area contributed by atoms with E-state index in [0.29, 0.717) is 0 Å². The van der Waals surface area contributed by atoms with Crippen molar-refractivity contribution >= 4 is 0 Å². The Morgan fingerprint density at radius 3 is 2.29 bits per heavy atom. The second-order valence-corrected chi connectivity index (χ2v) is 4.77. The average molecular weight is 237 g/mol. The Balaban J connectivity index is 2.56. The van der Waals surface area contributed by atoms with E-state index >= 15 is 0 Å². The minimum absolute atomic E-state index is 1.05. The van der Waals surface area contributed by atoms with Gasteiger partial charge in [-0.1, -0.05) is 58.1 Å². The van der Waals surface area contributed by atoms with E-state index in [1.807, 2.05) is 0 Å². The molecular formula is C14H27N3. The molecule has 0 spiro atoms. The van der Waals surface area contributed by atoms with Gasteiger partial charge in [-0.15, -0.1) is 5.10 Å². The van der Waals surface area contributed by atoms with E-state index < -0.39 is 0 Å². The third-order valence-electron chi connectivity index (χ3n) is 3.12. The van der Waals surface area contributed by atoms with Gasteiger partial charge in [0.2, 0.25) is 0 Å². The first kappa shape index (κ1) is 14.2. The molecule has 17 heavy (non-hydrogen) atoms.